The lowest BCUT2D eigenvalue weighted by molar-refractivity contribution is 0.102. The fourth-order valence-electron chi connectivity index (χ4n) is 1.49. The van der Waals surface area contributed by atoms with Gasteiger partial charge in [-0.1, -0.05) is 22.0 Å². The van der Waals surface area contributed by atoms with Gasteiger partial charge < -0.3 is 5.32 Å². The Morgan fingerprint density at radius 1 is 1.21 bits per heavy atom. The summed E-state index contributed by atoms with van der Waals surface area (Å²) in [4.78, 5) is 12.2. The van der Waals surface area contributed by atoms with E-state index in [-0.39, 0.29) is 11.7 Å². The summed E-state index contributed by atoms with van der Waals surface area (Å²) in [6.45, 7) is 0. The van der Waals surface area contributed by atoms with Gasteiger partial charge >= 0.3 is 0 Å². The predicted molar refractivity (Wildman–Crippen MR) is 88.9 cm³/mol. The van der Waals surface area contributed by atoms with Crippen molar-refractivity contribution < 1.29 is 9.18 Å². The number of amides is 1. The minimum atomic E-state index is -0.386. The topological polar surface area (TPSA) is 29.1 Å². The molecule has 2 nitrogen and oxygen atoms in total. The van der Waals surface area contributed by atoms with E-state index in [4.69, 9.17) is 0 Å². The molecule has 2 rings (SSSR count). The summed E-state index contributed by atoms with van der Waals surface area (Å²) >= 11 is 8.81. The van der Waals surface area contributed by atoms with Gasteiger partial charge in [0, 0.05) is 18.2 Å². The first-order valence-corrected chi connectivity index (χ1v) is 7.85. The van der Waals surface area contributed by atoms with E-state index in [0.717, 1.165) is 12.5 Å². The Labute approximate surface area is 140 Å². The maximum atomic E-state index is 13.1. The molecule has 0 saturated heterocycles. The van der Waals surface area contributed by atoms with Crippen molar-refractivity contribution in [3.63, 3.8) is 0 Å². The van der Waals surface area contributed by atoms with Gasteiger partial charge in [-0.05, 0) is 68.9 Å². The fourth-order valence-corrected chi connectivity index (χ4v) is 3.27. The summed E-state index contributed by atoms with van der Waals surface area (Å²) in [6, 6.07) is 9.38. The average molecular weight is 499 g/mol. The molecular weight excluding hydrogens is 492 g/mol. The largest absolute Gasteiger partial charge is 0.322 e. The summed E-state index contributed by atoms with van der Waals surface area (Å²) < 4.78 is 15.5. The van der Waals surface area contributed by atoms with E-state index in [1.165, 1.54) is 12.1 Å². The van der Waals surface area contributed by atoms with Crippen LogP contribution in [0.3, 0.4) is 0 Å². The second-order valence-electron chi connectivity index (χ2n) is 3.71. The first kappa shape index (κ1) is 14.9. The zero-order valence-corrected chi connectivity index (χ0v) is 14.7. The first-order chi connectivity index (χ1) is 8.97. The third-order valence-corrected chi connectivity index (χ3v) is 5.31. The number of hydrogen-bond donors (Lipinski definition) is 1. The molecule has 2 aromatic rings. The molecule has 0 aromatic heterocycles. The quantitative estimate of drug-likeness (QED) is 0.447. The summed E-state index contributed by atoms with van der Waals surface area (Å²) in [5.74, 6) is -0.667. The van der Waals surface area contributed by atoms with Gasteiger partial charge in [-0.2, -0.15) is 0 Å². The highest BCUT2D eigenvalue weighted by molar-refractivity contribution is 14.1. The molecule has 19 heavy (non-hydrogen) atoms. The molecule has 2 aromatic carbocycles. The third kappa shape index (κ3) is 3.76. The predicted octanol–water partition coefficient (Wildman–Crippen LogP) is 5.21. The van der Waals surface area contributed by atoms with Gasteiger partial charge in [-0.15, -0.1) is 0 Å². The summed E-state index contributed by atoms with van der Waals surface area (Å²) in [6.07, 6.45) is 0. The summed E-state index contributed by atoms with van der Waals surface area (Å²) in [7, 11) is 0. The van der Waals surface area contributed by atoms with Gasteiger partial charge in [0.15, 0.2) is 0 Å². The van der Waals surface area contributed by atoms with Crippen molar-refractivity contribution >= 4 is 66.0 Å². The highest BCUT2D eigenvalue weighted by atomic mass is 127. The van der Waals surface area contributed by atoms with E-state index in [1.54, 1.807) is 18.2 Å². The Balaban J connectivity index is 2.30. The Hall–Kier alpha value is -0.470. The third-order valence-electron chi connectivity index (χ3n) is 2.32. The van der Waals surface area contributed by atoms with Gasteiger partial charge in [0.2, 0.25) is 0 Å². The molecule has 0 bridgehead atoms. The van der Waals surface area contributed by atoms with Crippen molar-refractivity contribution in [3.05, 3.63) is 60.3 Å². The smallest absolute Gasteiger partial charge is 0.256 e. The lowest BCUT2D eigenvalue weighted by atomic mass is 10.2. The first-order valence-electron chi connectivity index (χ1n) is 5.19. The molecule has 98 valence electrons. The van der Waals surface area contributed by atoms with Crippen LogP contribution >= 0.6 is 54.5 Å². The van der Waals surface area contributed by atoms with Gasteiger partial charge in [-0.25, -0.2) is 4.39 Å². The number of rotatable bonds is 2. The molecular formula is C13H7Br2FINO. The van der Waals surface area contributed by atoms with Crippen LogP contribution in [-0.4, -0.2) is 5.91 Å². The second-order valence-corrected chi connectivity index (χ2v) is 6.56. The number of anilines is 1. The van der Waals surface area contributed by atoms with E-state index >= 15 is 0 Å². The van der Waals surface area contributed by atoms with E-state index in [2.05, 4.69) is 59.8 Å². The average Bonchev–Trinajstić information content (AvgIpc) is 2.33. The molecule has 6 heteroatoms. The Morgan fingerprint density at radius 2 is 1.95 bits per heavy atom. The molecule has 0 unspecified atom stereocenters. The monoisotopic (exact) mass is 497 g/mol. The van der Waals surface area contributed by atoms with Crippen molar-refractivity contribution in [2.75, 3.05) is 5.32 Å². The number of benzene rings is 2. The van der Waals surface area contributed by atoms with Crippen molar-refractivity contribution in [2.24, 2.45) is 0 Å². The Morgan fingerprint density at radius 3 is 2.63 bits per heavy atom. The van der Waals surface area contributed by atoms with Gasteiger partial charge in [0.1, 0.15) is 5.82 Å². The van der Waals surface area contributed by atoms with Crippen LogP contribution in [0.4, 0.5) is 10.1 Å². The number of halogens is 4. The lowest BCUT2D eigenvalue weighted by Gasteiger charge is -2.09. The highest BCUT2D eigenvalue weighted by Crippen LogP contribution is 2.28. The van der Waals surface area contributed by atoms with Crippen LogP contribution in [0.1, 0.15) is 10.4 Å². The fraction of sp³-hybridized carbons (Fsp3) is 0. The van der Waals surface area contributed by atoms with E-state index in [0.29, 0.717) is 11.3 Å². The lowest BCUT2D eigenvalue weighted by Crippen LogP contribution is -2.13. The number of hydrogen-bond acceptors (Lipinski definition) is 1. The molecule has 0 aliphatic heterocycles. The molecule has 0 spiro atoms. The van der Waals surface area contributed by atoms with Crippen molar-refractivity contribution in [2.45, 2.75) is 0 Å². The van der Waals surface area contributed by atoms with Crippen molar-refractivity contribution in [3.8, 4) is 0 Å². The maximum absolute atomic E-state index is 13.1. The molecule has 1 N–H and O–H groups in total. The molecule has 0 aliphatic rings. The normalized spacial score (nSPS) is 10.3. The van der Waals surface area contributed by atoms with Crippen LogP contribution < -0.4 is 5.32 Å². The Bertz CT molecular complexity index is 649. The van der Waals surface area contributed by atoms with Crippen LogP contribution in [0.15, 0.2) is 45.3 Å². The Kier molecular flexibility index (Phi) is 4.97. The zero-order chi connectivity index (χ0) is 14.0. The zero-order valence-electron chi connectivity index (χ0n) is 9.38. The van der Waals surface area contributed by atoms with Gasteiger partial charge in [0.25, 0.3) is 5.91 Å². The molecule has 0 atom stereocenters. The van der Waals surface area contributed by atoms with Crippen LogP contribution in [0.25, 0.3) is 0 Å². The number of nitrogens with one attached hydrogen (secondary N) is 1. The SMILES string of the molecule is O=C(Nc1cccc(F)c1)c1cc(Br)cc(Br)c1I. The number of carbonyl (C=O) groups is 1. The molecule has 0 heterocycles. The highest BCUT2D eigenvalue weighted by Gasteiger charge is 2.14. The van der Waals surface area contributed by atoms with Crippen LogP contribution in [-0.2, 0) is 0 Å². The van der Waals surface area contributed by atoms with Crippen LogP contribution in [0.5, 0.6) is 0 Å². The standard InChI is InChI=1S/C13H7Br2FINO/c14-7-4-10(12(17)11(15)5-7)13(19)18-9-3-1-2-8(16)6-9/h1-6H,(H,18,19). The summed E-state index contributed by atoms with van der Waals surface area (Å²) in [5.41, 5.74) is 0.947. The number of carbonyl (C=O) groups excluding carboxylic acids is 1. The maximum Gasteiger partial charge on any atom is 0.256 e. The summed E-state index contributed by atoms with van der Waals surface area (Å²) in [5, 5.41) is 2.67. The van der Waals surface area contributed by atoms with Crippen LogP contribution in [0.2, 0.25) is 0 Å². The van der Waals surface area contributed by atoms with Crippen molar-refractivity contribution in [1.82, 2.24) is 0 Å². The van der Waals surface area contributed by atoms with Crippen molar-refractivity contribution in [1.29, 1.82) is 0 Å². The minimum Gasteiger partial charge on any atom is -0.322 e. The van der Waals surface area contributed by atoms with E-state index < -0.39 is 0 Å². The minimum absolute atomic E-state index is 0.281. The van der Waals surface area contributed by atoms with E-state index in [9.17, 15) is 9.18 Å². The van der Waals surface area contributed by atoms with Crippen LogP contribution in [0, 0.1) is 9.39 Å². The van der Waals surface area contributed by atoms with Gasteiger partial charge in [-0.3, -0.25) is 4.79 Å². The molecule has 1 amide bonds. The molecule has 0 saturated carbocycles. The molecule has 0 radical (unpaired) electrons. The second kappa shape index (κ2) is 6.32. The van der Waals surface area contributed by atoms with E-state index in [1.807, 2.05) is 6.07 Å². The molecule has 0 aliphatic carbocycles. The molecule has 0 fully saturated rings. The van der Waals surface area contributed by atoms with Gasteiger partial charge in [0.05, 0.1) is 5.56 Å².